The molecule has 1 atom stereocenters. The van der Waals surface area contributed by atoms with Crippen LogP contribution < -0.4 is 10.1 Å². The van der Waals surface area contributed by atoms with E-state index in [2.05, 4.69) is 25.2 Å². The second-order valence-corrected chi connectivity index (χ2v) is 7.77. The number of aryl methyl sites for hydroxylation is 1. The van der Waals surface area contributed by atoms with E-state index in [0.29, 0.717) is 42.3 Å². The second kappa shape index (κ2) is 9.11. The fourth-order valence-corrected chi connectivity index (χ4v) is 3.95. The molecule has 1 aliphatic rings. The quantitative estimate of drug-likeness (QED) is 0.648. The predicted molar refractivity (Wildman–Crippen MR) is 112 cm³/mol. The molecule has 2 amide bonds. The molecule has 3 aromatic rings. The Hall–Kier alpha value is -3.49. The molecule has 3 heterocycles. The van der Waals surface area contributed by atoms with Gasteiger partial charge in [0.1, 0.15) is 11.4 Å². The van der Waals surface area contributed by atoms with Crippen molar-refractivity contribution in [2.24, 2.45) is 5.92 Å². The predicted octanol–water partition coefficient (Wildman–Crippen LogP) is 2.49. The van der Waals surface area contributed by atoms with Gasteiger partial charge in [0.2, 0.25) is 11.8 Å². The maximum Gasteiger partial charge on any atom is 0.254 e. The van der Waals surface area contributed by atoms with Gasteiger partial charge in [0.05, 0.1) is 24.7 Å². The van der Waals surface area contributed by atoms with Crippen LogP contribution in [0.2, 0.25) is 0 Å². The number of pyridine rings is 1. The molecule has 2 aromatic heterocycles. The SMILES string of the molecule is COc1cc(C(=O)N2CCC[C@@H](CC(=O)NCc3nonc3C)C2)c2ccccc2n1. The zero-order chi connectivity index (χ0) is 21.8. The molecule has 9 nitrogen and oxygen atoms in total. The first-order chi connectivity index (χ1) is 15.0. The number of likely N-dealkylation sites (tertiary alicyclic amines) is 1. The van der Waals surface area contributed by atoms with Crippen LogP contribution in [0, 0.1) is 12.8 Å². The van der Waals surface area contributed by atoms with Crippen molar-refractivity contribution in [2.45, 2.75) is 32.7 Å². The number of methoxy groups -OCH3 is 1. The number of carbonyl (C=O) groups is 2. The van der Waals surface area contributed by atoms with Crippen molar-refractivity contribution >= 4 is 22.7 Å². The number of nitrogens with one attached hydrogen (secondary N) is 1. The highest BCUT2D eigenvalue weighted by Crippen LogP contribution is 2.26. The fraction of sp³-hybridized carbons (Fsp3) is 0.409. The largest absolute Gasteiger partial charge is 0.481 e. The monoisotopic (exact) mass is 423 g/mol. The van der Waals surface area contributed by atoms with E-state index in [1.165, 1.54) is 7.11 Å². The maximum absolute atomic E-state index is 13.3. The normalized spacial score (nSPS) is 16.3. The summed E-state index contributed by atoms with van der Waals surface area (Å²) in [4.78, 5) is 32.0. The Kier molecular flexibility index (Phi) is 6.11. The second-order valence-electron chi connectivity index (χ2n) is 7.77. The number of hydrogen-bond donors (Lipinski definition) is 1. The highest BCUT2D eigenvalue weighted by molar-refractivity contribution is 6.06. The molecule has 0 spiro atoms. The summed E-state index contributed by atoms with van der Waals surface area (Å²) in [6.07, 6.45) is 2.12. The number of aromatic nitrogens is 3. The van der Waals surface area contributed by atoms with E-state index in [0.717, 1.165) is 23.7 Å². The van der Waals surface area contributed by atoms with Crippen LogP contribution in [0.1, 0.15) is 41.0 Å². The Morgan fingerprint density at radius 1 is 1.29 bits per heavy atom. The van der Waals surface area contributed by atoms with Crippen LogP contribution in [0.15, 0.2) is 35.0 Å². The van der Waals surface area contributed by atoms with Crippen molar-refractivity contribution in [1.29, 1.82) is 0 Å². The smallest absolute Gasteiger partial charge is 0.254 e. The molecule has 1 N–H and O–H groups in total. The molecular formula is C22H25N5O4. The Morgan fingerprint density at radius 3 is 2.90 bits per heavy atom. The minimum atomic E-state index is -0.0715. The van der Waals surface area contributed by atoms with Gasteiger partial charge >= 0.3 is 0 Å². The highest BCUT2D eigenvalue weighted by atomic mass is 16.6. The molecule has 0 radical (unpaired) electrons. The van der Waals surface area contributed by atoms with Gasteiger partial charge in [0, 0.05) is 31.0 Å². The third kappa shape index (κ3) is 4.65. The zero-order valence-electron chi connectivity index (χ0n) is 17.6. The third-order valence-corrected chi connectivity index (χ3v) is 5.61. The number of nitrogens with zero attached hydrogens (tertiary/aromatic N) is 4. The molecule has 1 saturated heterocycles. The van der Waals surface area contributed by atoms with Gasteiger partial charge < -0.3 is 15.0 Å². The maximum atomic E-state index is 13.3. The molecule has 1 aromatic carbocycles. The molecule has 1 aliphatic heterocycles. The first-order valence-corrected chi connectivity index (χ1v) is 10.3. The molecule has 31 heavy (non-hydrogen) atoms. The van der Waals surface area contributed by atoms with Crippen LogP contribution in [0.4, 0.5) is 0 Å². The van der Waals surface area contributed by atoms with E-state index in [4.69, 9.17) is 4.74 Å². The molecule has 1 fully saturated rings. The summed E-state index contributed by atoms with van der Waals surface area (Å²) in [5, 5.41) is 11.1. The van der Waals surface area contributed by atoms with Gasteiger partial charge in [0.25, 0.3) is 5.91 Å². The minimum absolute atomic E-state index is 0.0636. The number of benzene rings is 1. The van der Waals surface area contributed by atoms with Crippen LogP contribution in [-0.4, -0.2) is 52.2 Å². The van der Waals surface area contributed by atoms with Gasteiger partial charge in [-0.05, 0) is 31.7 Å². The van der Waals surface area contributed by atoms with Gasteiger partial charge in [-0.2, -0.15) is 0 Å². The van der Waals surface area contributed by atoms with Gasteiger partial charge in [-0.1, -0.05) is 28.5 Å². The number of fused-ring (bicyclic) bond motifs is 1. The lowest BCUT2D eigenvalue weighted by Crippen LogP contribution is -2.41. The van der Waals surface area contributed by atoms with Crippen molar-refractivity contribution in [2.75, 3.05) is 20.2 Å². The van der Waals surface area contributed by atoms with Crippen molar-refractivity contribution in [1.82, 2.24) is 25.5 Å². The average Bonchev–Trinajstić information content (AvgIpc) is 3.21. The van der Waals surface area contributed by atoms with E-state index in [-0.39, 0.29) is 24.3 Å². The van der Waals surface area contributed by atoms with Crippen molar-refractivity contribution < 1.29 is 19.0 Å². The molecule has 9 heteroatoms. The van der Waals surface area contributed by atoms with Crippen LogP contribution in [-0.2, 0) is 11.3 Å². The van der Waals surface area contributed by atoms with Crippen LogP contribution in [0.5, 0.6) is 5.88 Å². The Bertz CT molecular complexity index is 1100. The summed E-state index contributed by atoms with van der Waals surface area (Å²) in [6, 6.07) is 9.22. The number of carbonyl (C=O) groups excluding carboxylic acids is 2. The zero-order valence-corrected chi connectivity index (χ0v) is 17.6. The lowest BCUT2D eigenvalue weighted by Gasteiger charge is -2.33. The third-order valence-electron chi connectivity index (χ3n) is 5.61. The summed E-state index contributed by atoms with van der Waals surface area (Å²) < 4.78 is 9.94. The van der Waals surface area contributed by atoms with E-state index in [9.17, 15) is 9.59 Å². The first-order valence-electron chi connectivity index (χ1n) is 10.3. The molecule has 0 unspecified atom stereocenters. The summed E-state index contributed by atoms with van der Waals surface area (Å²) in [6.45, 7) is 3.27. The molecule has 0 aliphatic carbocycles. The number of para-hydroxylation sites is 1. The summed E-state index contributed by atoms with van der Waals surface area (Å²) in [5.41, 5.74) is 2.57. The number of rotatable bonds is 6. The van der Waals surface area contributed by atoms with E-state index in [1.54, 1.807) is 13.0 Å². The number of amides is 2. The average molecular weight is 423 g/mol. The lowest BCUT2D eigenvalue weighted by molar-refractivity contribution is -0.122. The van der Waals surface area contributed by atoms with Crippen LogP contribution in [0.3, 0.4) is 0 Å². The van der Waals surface area contributed by atoms with Crippen molar-refractivity contribution in [3.63, 3.8) is 0 Å². The summed E-state index contributed by atoms with van der Waals surface area (Å²) in [7, 11) is 1.54. The van der Waals surface area contributed by atoms with E-state index >= 15 is 0 Å². The number of hydrogen-bond acceptors (Lipinski definition) is 7. The van der Waals surface area contributed by atoms with Crippen molar-refractivity contribution in [3.05, 3.63) is 47.3 Å². The van der Waals surface area contributed by atoms with Crippen LogP contribution in [0.25, 0.3) is 10.9 Å². The topological polar surface area (TPSA) is 110 Å². The van der Waals surface area contributed by atoms with Crippen molar-refractivity contribution in [3.8, 4) is 5.88 Å². The summed E-state index contributed by atoms with van der Waals surface area (Å²) in [5.74, 6) is 0.376. The Balaban J connectivity index is 1.42. The van der Waals surface area contributed by atoms with Gasteiger partial charge in [0.15, 0.2) is 0 Å². The Morgan fingerprint density at radius 2 is 2.13 bits per heavy atom. The van der Waals surface area contributed by atoms with Crippen LogP contribution >= 0.6 is 0 Å². The fourth-order valence-electron chi connectivity index (χ4n) is 3.95. The standard InChI is InChI=1S/C22H25N5O4/c1-14-19(26-31-25-14)12-23-20(28)10-15-6-5-9-27(13-15)22(29)17-11-21(30-2)24-18-8-4-3-7-16(17)18/h3-4,7-8,11,15H,5-6,9-10,12-13H2,1-2H3,(H,23,28)/t15-/m0/s1. The molecule has 4 rings (SSSR count). The molecular weight excluding hydrogens is 398 g/mol. The van der Waals surface area contributed by atoms with Gasteiger partial charge in [-0.15, -0.1) is 0 Å². The molecule has 0 bridgehead atoms. The highest BCUT2D eigenvalue weighted by Gasteiger charge is 2.27. The summed E-state index contributed by atoms with van der Waals surface area (Å²) >= 11 is 0. The van der Waals surface area contributed by atoms with Gasteiger partial charge in [-0.25, -0.2) is 9.61 Å². The number of piperidine rings is 1. The number of ether oxygens (including phenoxy) is 1. The lowest BCUT2D eigenvalue weighted by atomic mass is 9.93. The first kappa shape index (κ1) is 20.8. The minimum Gasteiger partial charge on any atom is -0.481 e. The molecule has 0 saturated carbocycles. The van der Waals surface area contributed by atoms with E-state index in [1.807, 2.05) is 29.2 Å². The Labute approximate surface area is 179 Å². The molecule has 162 valence electrons. The van der Waals surface area contributed by atoms with E-state index < -0.39 is 0 Å². The van der Waals surface area contributed by atoms with Gasteiger partial charge in [-0.3, -0.25) is 9.59 Å².